The van der Waals surface area contributed by atoms with Crippen molar-refractivity contribution >= 4 is 174 Å². The molecule has 32 nitrogen and oxygen atoms in total. The lowest BCUT2D eigenvalue weighted by Gasteiger charge is -2.43. The zero-order valence-corrected chi connectivity index (χ0v) is 62.7. The molecule has 0 radical (unpaired) electrons. The molecule has 3 aromatic heterocycles. The van der Waals surface area contributed by atoms with Gasteiger partial charge in [-0.15, -0.1) is 0 Å². The number of aromatic nitrogens is 3. The van der Waals surface area contributed by atoms with E-state index in [1.54, 1.807) is 27.2 Å². The van der Waals surface area contributed by atoms with Crippen LogP contribution in [0, 0.1) is 0 Å². The number of hydrazine groups is 3. The average Bonchev–Trinajstić information content (AvgIpc) is 1.47. The second-order valence-electron chi connectivity index (χ2n) is 26.1. The van der Waals surface area contributed by atoms with E-state index in [0.717, 1.165) is 5.01 Å². The summed E-state index contributed by atoms with van der Waals surface area (Å²) in [5, 5.41) is 46.6. The van der Waals surface area contributed by atoms with Crippen LogP contribution in [0.3, 0.4) is 0 Å². The monoisotopic (exact) mass is 1590 g/mol. The molecular weight excluding hydrogens is 1510 g/mol. The number of carbonyl (C=O) groups excluding carboxylic acids is 11. The zero-order valence-electron chi connectivity index (χ0n) is 58.2. The number of ketones is 2. The van der Waals surface area contributed by atoms with Crippen molar-refractivity contribution in [2.75, 3.05) is 40.8 Å². The highest BCUT2D eigenvalue weighted by molar-refractivity contribution is 6.39. The Morgan fingerprint density at radius 3 is 1.21 bits per heavy atom. The summed E-state index contributed by atoms with van der Waals surface area (Å²) in [5.41, 5.74) is 1.53. The molecule has 38 heteroatoms. The maximum atomic E-state index is 13.4. The van der Waals surface area contributed by atoms with E-state index in [9.17, 15) is 67.7 Å². The molecule has 3 aromatic carbocycles. The molecule has 1 unspecified atom stereocenters. The van der Waals surface area contributed by atoms with Gasteiger partial charge >= 0.3 is 5.97 Å². The fourth-order valence-corrected chi connectivity index (χ4v) is 15.3. The first kappa shape index (κ1) is 80.2. The van der Waals surface area contributed by atoms with Gasteiger partial charge in [0.15, 0.2) is 22.9 Å². The van der Waals surface area contributed by atoms with Crippen molar-refractivity contribution < 1.29 is 81.0 Å². The molecule has 0 bridgehead atoms. The molecule has 6 aliphatic rings. The van der Waals surface area contributed by atoms with E-state index < -0.39 is 114 Å². The van der Waals surface area contributed by atoms with Gasteiger partial charge in [-0.3, -0.25) is 72.6 Å². The number of rotatable bonds is 21. The van der Waals surface area contributed by atoms with Gasteiger partial charge in [0.1, 0.15) is 40.7 Å². The number of hydrogen-bond acceptors (Lipinski definition) is 22. The summed E-state index contributed by atoms with van der Waals surface area (Å²) in [4.78, 5) is 168. The van der Waals surface area contributed by atoms with Crippen molar-refractivity contribution in [2.45, 2.75) is 183 Å². The molecule has 8 N–H and O–H groups in total. The van der Waals surface area contributed by atoms with Crippen molar-refractivity contribution in [3.8, 4) is 0 Å². The van der Waals surface area contributed by atoms with Gasteiger partial charge < -0.3 is 55.4 Å². The minimum Gasteiger partial charge on any atom is -0.481 e. The van der Waals surface area contributed by atoms with Gasteiger partial charge in [0.05, 0.1) is 51.7 Å². The third-order valence-electron chi connectivity index (χ3n) is 19.0. The number of carbonyl (C=O) groups is 12. The second-order valence-corrected chi connectivity index (χ2v) is 28.6. The van der Waals surface area contributed by atoms with Crippen molar-refractivity contribution in [3.05, 3.63) is 84.2 Å². The van der Waals surface area contributed by atoms with Crippen molar-refractivity contribution in [2.24, 2.45) is 0 Å². The molecular formula is C68H79Cl6N15O17. The van der Waals surface area contributed by atoms with Crippen LogP contribution in [0.25, 0.3) is 33.3 Å². The number of halogens is 6. The van der Waals surface area contributed by atoms with Gasteiger partial charge in [-0.25, -0.2) is 30.0 Å². The van der Waals surface area contributed by atoms with Crippen LogP contribution in [0.15, 0.2) is 49.6 Å². The zero-order chi connectivity index (χ0) is 76.7. The normalized spacial score (nSPS) is 21.8. The SMILES string of the molecule is CCC[C@H](NC(=O)[C@@H]1CCCN2C(=O)CC[C@H](NC)C(=O)N12)C(=O)c1nc2cc(Cl)cc(Cl)c2o1.CCC[C@H](NC(=O)[C@@H]1CCCN2C(=O)CC[C@H](NC)C(=O)N12)C(O)c1nc2cc(Cl)cc(Cl)c2o1.CN[C@H]1CCC(=O)N2CCC[C@@H](C(=O)N[C@@H](CC(=O)O)C(=O)c3nc4cc(Cl)cc(Cl)c4o3)N2C1=O. The molecule has 106 heavy (non-hydrogen) atoms. The third kappa shape index (κ3) is 17.6. The molecule has 6 aliphatic heterocycles. The van der Waals surface area contributed by atoms with Gasteiger partial charge in [-0.1, -0.05) is 96.3 Å². The molecule has 570 valence electrons. The smallest absolute Gasteiger partial charge is 0.305 e. The van der Waals surface area contributed by atoms with Gasteiger partial charge in [-0.2, -0.15) is 0 Å². The van der Waals surface area contributed by atoms with E-state index in [2.05, 4.69) is 46.9 Å². The Hall–Kier alpha value is -8.31. The molecule has 6 fully saturated rings. The molecule has 6 saturated heterocycles. The summed E-state index contributed by atoms with van der Waals surface area (Å²) in [7, 11) is 4.90. The average molecular weight is 1590 g/mol. The van der Waals surface area contributed by atoms with Crippen molar-refractivity contribution in [1.29, 1.82) is 0 Å². The largest absolute Gasteiger partial charge is 0.481 e. The first-order valence-electron chi connectivity index (χ1n) is 34.7. The Balaban J connectivity index is 0.000000170. The third-order valence-corrected chi connectivity index (χ3v) is 20.5. The molecule has 0 spiro atoms. The van der Waals surface area contributed by atoms with E-state index in [1.807, 2.05) is 13.8 Å². The second kappa shape index (κ2) is 35.2. The number of carboxylic acids is 1. The molecule has 12 rings (SSSR count). The van der Waals surface area contributed by atoms with Crippen molar-refractivity contribution in [1.82, 2.24) is 76.9 Å². The van der Waals surface area contributed by atoms with Crippen LogP contribution in [0.5, 0.6) is 0 Å². The predicted molar refractivity (Wildman–Crippen MR) is 385 cm³/mol. The summed E-state index contributed by atoms with van der Waals surface area (Å²) in [6, 6.07) is 1.07. The number of nitrogens with one attached hydrogen (secondary N) is 6. The molecule has 6 aromatic rings. The van der Waals surface area contributed by atoms with Crippen LogP contribution in [-0.4, -0.2) is 221 Å². The van der Waals surface area contributed by atoms with E-state index in [-0.39, 0.29) is 117 Å². The summed E-state index contributed by atoms with van der Waals surface area (Å²) < 4.78 is 16.8. The number of likely N-dealkylation sites (N-methyl/N-ethyl adjacent to an activating group) is 3. The highest BCUT2D eigenvalue weighted by atomic mass is 35.5. The van der Waals surface area contributed by atoms with E-state index in [0.29, 0.717) is 110 Å². The van der Waals surface area contributed by atoms with Crippen molar-refractivity contribution in [3.63, 3.8) is 0 Å². The number of aliphatic carboxylic acids is 1. The van der Waals surface area contributed by atoms with Gasteiger partial charge in [0.2, 0.25) is 52.9 Å². The van der Waals surface area contributed by atoms with E-state index >= 15 is 0 Å². The number of amides is 9. The van der Waals surface area contributed by atoms with Crippen LogP contribution in [-0.2, 0) is 47.9 Å². The number of benzene rings is 3. The number of carboxylic acid groups (broad SMARTS) is 1. The Morgan fingerprint density at radius 1 is 0.491 bits per heavy atom. The molecule has 9 amide bonds. The number of nitrogens with zero attached hydrogens (tertiary/aromatic N) is 9. The van der Waals surface area contributed by atoms with Crippen LogP contribution in [0.4, 0.5) is 0 Å². The highest BCUT2D eigenvalue weighted by Crippen LogP contribution is 2.36. The maximum Gasteiger partial charge on any atom is 0.305 e. The van der Waals surface area contributed by atoms with E-state index in [1.165, 1.54) is 55.4 Å². The number of oxazole rings is 3. The number of aliphatic hydroxyl groups is 1. The summed E-state index contributed by atoms with van der Waals surface area (Å²) in [5.74, 6) is -6.88. The highest BCUT2D eigenvalue weighted by Gasteiger charge is 2.49. The standard InChI is InChI=1S/C23H29Cl2N5O5.C23H27Cl2N5O5.C22H23Cl2N5O7/c2*1-3-5-14(19(32)22-28-16-11-12(24)10-13(25)20(16)35-22)27-21(33)17-6-4-9-29-18(31)8-7-15(26-2)23(34)30(17)29;1-25-12-4-5-16(30)28-6-2-3-15(29(28)22(12)35)20(34)26-13(9-17(31)32)18(33)21-27-14-8-10(23)7-11(24)19(14)36-21/h10-11,14-15,17,19,26,32H,3-9H2,1-2H3,(H,27,33);10-11,14-15,17,26H,3-9H2,1-2H3,(H,27,33);7-8,12-13,15,25H,2-6,9H2,1H3,(H,26,34)(H,31,32)/t14-,15-,17-,19?;14-,15-,17-;12-,13-,15-/m000/s1. The molecule has 10 atom stereocenters. The Morgan fingerprint density at radius 2 is 0.840 bits per heavy atom. The number of fused-ring (bicyclic) bond motifs is 6. The number of Topliss-reactive ketones (excluding diaryl/α,β-unsaturated/α-hetero) is 2. The number of aliphatic hydroxyl groups excluding tert-OH is 1. The van der Waals surface area contributed by atoms with Crippen LogP contribution >= 0.6 is 69.6 Å². The Bertz CT molecular complexity index is 4400. The Labute approximate surface area is 636 Å². The summed E-state index contributed by atoms with van der Waals surface area (Å²) >= 11 is 36.5. The van der Waals surface area contributed by atoms with Crippen LogP contribution in [0.2, 0.25) is 30.1 Å². The number of hydrogen-bond donors (Lipinski definition) is 8. The van der Waals surface area contributed by atoms with Gasteiger partial charge in [0.25, 0.3) is 29.5 Å². The van der Waals surface area contributed by atoms with Gasteiger partial charge in [0, 0.05) is 54.0 Å². The van der Waals surface area contributed by atoms with E-state index in [4.69, 9.17) is 82.9 Å². The lowest BCUT2D eigenvalue weighted by atomic mass is 10.0. The first-order valence-corrected chi connectivity index (χ1v) is 36.9. The lowest BCUT2D eigenvalue weighted by molar-refractivity contribution is -0.176. The summed E-state index contributed by atoms with van der Waals surface area (Å²) in [6.45, 7) is 4.83. The maximum absolute atomic E-state index is 13.4. The fourth-order valence-electron chi connectivity index (χ4n) is 13.7. The molecule has 9 heterocycles. The Kier molecular flexibility index (Phi) is 26.6. The fraction of sp³-hybridized carbons (Fsp3) is 0.515. The minimum atomic E-state index is -1.55. The quantitative estimate of drug-likeness (QED) is 0.0348. The van der Waals surface area contributed by atoms with Gasteiger partial charge in [-0.05, 0) is 128 Å². The lowest BCUT2D eigenvalue weighted by Crippen LogP contribution is -2.64. The first-order chi connectivity index (χ1) is 50.6. The molecule has 0 aliphatic carbocycles. The van der Waals surface area contributed by atoms with Crippen LogP contribution in [0.1, 0.15) is 156 Å². The van der Waals surface area contributed by atoms with Crippen LogP contribution < -0.4 is 31.9 Å². The topological polar surface area (TPSA) is 415 Å². The summed E-state index contributed by atoms with van der Waals surface area (Å²) in [6.07, 6.45) is 4.19. The minimum absolute atomic E-state index is 0.00413. The predicted octanol–water partition coefficient (Wildman–Crippen LogP) is 6.68. The molecule has 0 saturated carbocycles.